The highest BCUT2D eigenvalue weighted by Gasteiger charge is 2.24. The van der Waals surface area contributed by atoms with Gasteiger partial charge in [0.2, 0.25) is 0 Å². The number of hydrogen-bond donors (Lipinski definition) is 0. The van der Waals surface area contributed by atoms with Gasteiger partial charge in [-0.1, -0.05) is 13.0 Å². The zero-order valence-electron chi connectivity index (χ0n) is 11.7. The second-order valence-electron chi connectivity index (χ2n) is 5.30. The molecule has 2 rings (SSSR count). The Morgan fingerprint density at radius 2 is 2.15 bits per heavy atom. The summed E-state index contributed by atoms with van der Waals surface area (Å²) in [4.78, 5) is 2.45. The lowest BCUT2D eigenvalue weighted by Crippen LogP contribution is -2.31. The second kappa shape index (κ2) is 6.38. The highest BCUT2D eigenvalue weighted by molar-refractivity contribution is 7.91. The van der Waals surface area contributed by atoms with E-state index in [0.29, 0.717) is 12.1 Å². The van der Waals surface area contributed by atoms with Gasteiger partial charge in [0.1, 0.15) is 0 Å². The van der Waals surface area contributed by atoms with E-state index in [4.69, 9.17) is 5.26 Å². The van der Waals surface area contributed by atoms with E-state index in [9.17, 15) is 8.42 Å². The monoisotopic (exact) mass is 292 g/mol. The minimum absolute atomic E-state index is 0.114. The Labute approximate surface area is 120 Å². The fourth-order valence-corrected chi connectivity index (χ4v) is 3.50. The molecule has 1 saturated carbocycles. The molecule has 20 heavy (non-hydrogen) atoms. The Morgan fingerprint density at radius 3 is 2.75 bits per heavy atom. The first kappa shape index (κ1) is 15.0. The zero-order valence-corrected chi connectivity index (χ0v) is 12.6. The molecule has 0 heterocycles. The first-order chi connectivity index (χ1) is 9.55. The van der Waals surface area contributed by atoms with Crippen LogP contribution >= 0.6 is 0 Å². The Hall–Kier alpha value is -1.38. The number of sulfone groups is 1. The van der Waals surface area contributed by atoms with Crippen LogP contribution in [-0.2, 0) is 9.84 Å². The summed E-state index contributed by atoms with van der Waals surface area (Å²) in [6.45, 7) is 4.51. The molecule has 0 unspecified atom stereocenters. The van der Waals surface area contributed by atoms with Gasteiger partial charge >= 0.3 is 0 Å². The molecule has 0 aromatic heterocycles. The van der Waals surface area contributed by atoms with Crippen molar-refractivity contribution in [3.8, 4) is 6.07 Å². The van der Waals surface area contributed by atoms with Gasteiger partial charge in [0.05, 0.1) is 22.3 Å². The predicted molar refractivity (Wildman–Crippen MR) is 78.0 cm³/mol. The lowest BCUT2D eigenvalue weighted by Gasteiger charge is -2.19. The van der Waals surface area contributed by atoms with Gasteiger partial charge in [0.25, 0.3) is 0 Å². The quantitative estimate of drug-likeness (QED) is 0.772. The maximum atomic E-state index is 12.3. The summed E-state index contributed by atoms with van der Waals surface area (Å²) in [7, 11) is -3.31. The third-order valence-corrected chi connectivity index (χ3v) is 5.35. The summed E-state index contributed by atoms with van der Waals surface area (Å²) in [6, 6.07) is 8.22. The van der Waals surface area contributed by atoms with Gasteiger partial charge in [0.15, 0.2) is 9.84 Å². The van der Waals surface area contributed by atoms with Crippen molar-refractivity contribution in [2.24, 2.45) is 5.92 Å². The van der Waals surface area contributed by atoms with Crippen LogP contribution in [0.1, 0.15) is 25.3 Å². The molecule has 0 spiro atoms. The van der Waals surface area contributed by atoms with E-state index in [1.807, 2.05) is 6.07 Å². The van der Waals surface area contributed by atoms with Crippen molar-refractivity contribution in [2.75, 3.05) is 25.4 Å². The van der Waals surface area contributed by atoms with E-state index in [-0.39, 0.29) is 10.6 Å². The number of nitrogens with zero attached hydrogens (tertiary/aromatic N) is 2. The van der Waals surface area contributed by atoms with Gasteiger partial charge in [0, 0.05) is 13.1 Å². The third-order valence-electron chi connectivity index (χ3n) is 3.66. The molecule has 1 aromatic rings. The van der Waals surface area contributed by atoms with Crippen molar-refractivity contribution >= 4 is 9.84 Å². The summed E-state index contributed by atoms with van der Waals surface area (Å²) in [5.41, 5.74) is 0.386. The fourth-order valence-electron chi connectivity index (χ4n) is 2.17. The first-order valence-electron chi connectivity index (χ1n) is 7.00. The molecule has 108 valence electrons. The molecular weight excluding hydrogens is 272 g/mol. The van der Waals surface area contributed by atoms with Crippen LogP contribution in [0.3, 0.4) is 0 Å². The van der Waals surface area contributed by atoms with Crippen molar-refractivity contribution in [1.82, 2.24) is 4.90 Å². The molecule has 0 N–H and O–H groups in total. The molecule has 5 heteroatoms. The first-order valence-corrected chi connectivity index (χ1v) is 8.65. The highest BCUT2D eigenvalue weighted by atomic mass is 32.2. The average Bonchev–Trinajstić information content (AvgIpc) is 3.27. The Bertz CT molecular complexity index is 601. The Morgan fingerprint density at radius 1 is 1.40 bits per heavy atom. The van der Waals surface area contributed by atoms with Crippen molar-refractivity contribution in [2.45, 2.75) is 24.7 Å². The summed E-state index contributed by atoms with van der Waals surface area (Å²) in [5, 5.41) is 8.84. The summed E-state index contributed by atoms with van der Waals surface area (Å²) >= 11 is 0. The van der Waals surface area contributed by atoms with Crippen LogP contribution in [0.15, 0.2) is 29.2 Å². The number of nitriles is 1. The summed E-state index contributed by atoms with van der Waals surface area (Å²) in [6.07, 6.45) is 2.54. The predicted octanol–water partition coefficient (Wildman–Crippen LogP) is 2.06. The van der Waals surface area contributed by atoms with Crippen LogP contribution in [-0.4, -0.2) is 38.7 Å². The van der Waals surface area contributed by atoms with E-state index in [2.05, 4.69) is 11.8 Å². The molecule has 0 atom stereocenters. The van der Waals surface area contributed by atoms with Crippen LogP contribution in [0.25, 0.3) is 0 Å². The standard InChI is InChI=1S/C15H20N2O2S/c1-2-17(12-13-6-7-13)8-9-20(18,19)15-5-3-4-14(10-15)11-16/h3-5,10,13H,2,6-9,12H2,1H3. The minimum Gasteiger partial charge on any atom is -0.302 e. The Balaban J connectivity index is 2.00. The van der Waals surface area contributed by atoms with Crippen LogP contribution in [0.2, 0.25) is 0 Å². The van der Waals surface area contributed by atoms with Gasteiger partial charge in [-0.05, 0) is 43.5 Å². The molecule has 1 aromatic carbocycles. The van der Waals surface area contributed by atoms with Crippen LogP contribution in [0.4, 0.5) is 0 Å². The SMILES string of the molecule is CCN(CCS(=O)(=O)c1cccc(C#N)c1)CC1CC1. The smallest absolute Gasteiger partial charge is 0.179 e. The average molecular weight is 292 g/mol. The summed E-state index contributed by atoms with van der Waals surface area (Å²) in [5.74, 6) is 0.877. The van der Waals surface area contributed by atoms with E-state index >= 15 is 0 Å². The third kappa shape index (κ3) is 4.06. The lowest BCUT2D eigenvalue weighted by molar-refractivity contribution is 0.292. The van der Waals surface area contributed by atoms with E-state index in [1.54, 1.807) is 18.2 Å². The maximum Gasteiger partial charge on any atom is 0.179 e. The van der Waals surface area contributed by atoms with Crippen LogP contribution in [0, 0.1) is 17.2 Å². The van der Waals surface area contributed by atoms with E-state index in [0.717, 1.165) is 19.0 Å². The second-order valence-corrected chi connectivity index (χ2v) is 7.40. The van der Waals surface area contributed by atoms with Crippen molar-refractivity contribution in [3.63, 3.8) is 0 Å². The van der Waals surface area contributed by atoms with Gasteiger partial charge in [-0.3, -0.25) is 0 Å². The largest absolute Gasteiger partial charge is 0.302 e. The number of benzene rings is 1. The van der Waals surface area contributed by atoms with Crippen molar-refractivity contribution in [3.05, 3.63) is 29.8 Å². The number of hydrogen-bond acceptors (Lipinski definition) is 4. The molecule has 1 aliphatic rings. The zero-order chi connectivity index (χ0) is 14.6. The molecule has 0 saturated heterocycles. The maximum absolute atomic E-state index is 12.3. The van der Waals surface area contributed by atoms with Crippen LogP contribution < -0.4 is 0 Å². The van der Waals surface area contributed by atoms with Crippen molar-refractivity contribution in [1.29, 1.82) is 5.26 Å². The van der Waals surface area contributed by atoms with E-state index < -0.39 is 9.84 Å². The van der Waals surface area contributed by atoms with Gasteiger partial charge < -0.3 is 4.90 Å². The normalized spacial score (nSPS) is 15.2. The van der Waals surface area contributed by atoms with E-state index in [1.165, 1.54) is 18.9 Å². The molecule has 0 aliphatic heterocycles. The van der Waals surface area contributed by atoms with Gasteiger partial charge in [-0.25, -0.2) is 8.42 Å². The summed E-state index contributed by atoms with van der Waals surface area (Å²) < 4.78 is 24.6. The van der Waals surface area contributed by atoms with Gasteiger partial charge in [-0.15, -0.1) is 0 Å². The molecule has 0 amide bonds. The molecule has 1 aliphatic carbocycles. The van der Waals surface area contributed by atoms with Gasteiger partial charge in [-0.2, -0.15) is 5.26 Å². The topological polar surface area (TPSA) is 61.2 Å². The minimum atomic E-state index is -3.31. The lowest BCUT2D eigenvalue weighted by atomic mass is 10.2. The highest BCUT2D eigenvalue weighted by Crippen LogP contribution is 2.29. The fraction of sp³-hybridized carbons (Fsp3) is 0.533. The molecular formula is C15H20N2O2S. The molecule has 0 bridgehead atoms. The van der Waals surface area contributed by atoms with Crippen LogP contribution in [0.5, 0.6) is 0 Å². The molecule has 4 nitrogen and oxygen atoms in total. The molecule has 1 fully saturated rings. The molecule has 0 radical (unpaired) electrons. The number of rotatable bonds is 7. The Kier molecular flexibility index (Phi) is 4.79. The van der Waals surface area contributed by atoms with Crippen molar-refractivity contribution < 1.29 is 8.42 Å².